The second-order valence-corrected chi connectivity index (χ2v) is 4.32. The molecule has 2 atom stereocenters. The van der Waals surface area contributed by atoms with Crippen molar-refractivity contribution in [1.82, 2.24) is 4.90 Å². The van der Waals surface area contributed by atoms with Crippen LogP contribution in [0.25, 0.3) is 0 Å². The Morgan fingerprint density at radius 3 is 1.92 bits per heavy atom. The Morgan fingerprint density at radius 2 is 1.62 bits per heavy atom. The average molecular weight is 191 g/mol. The summed E-state index contributed by atoms with van der Waals surface area (Å²) in [6.45, 7) is 5.14. The van der Waals surface area contributed by atoms with Gasteiger partial charge in [0, 0.05) is 31.0 Å². The van der Waals surface area contributed by atoms with Crippen molar-refractivity contribution in [2.75, 3.05) is 26.4 Å². The molecule has 1 aliphatic rings. The topological polar surface area (TPSA) is 3.24 Å². The lowest BCUT2D eigenvalue weighted by molar-refractivity contribution is 0.0729. The Bertz CT molecular complexity index is 138. The minimum absolute atomic E-state index is 0.0527. The van der Waals surface area contributed by atoms with Crippen LogP contribution < -0.4 is 0 Å². The van der Waals surface area contributed by atoms with Crippen LogP contribution in [0.5, 0.6) is 0 Å². The SMILES string of the molecule is CC(C)N1CC(CF)CC(CF)C1. The van der Waals surface area contributed by atoms with E-state index in [0.29, 0.717) is 6.04 Å². The number of hydrogen-bond donors (Lipinski definition) is 0. The highest BCUT2D eigenvalue weighted by molar-refractivity contribution is 4.80. The largest absolute Gasteiger partial charge is 0.300 e. The van der Waals surface area contributed by atoms with Crippen LogP contribution in [0.15, 0.2) is 0 Å². The van der Waals surface area contributed by atoms with Gasteiger partial charge in [-0.05, 0) is 20.3 Å². The number of nitrogens with zero attached hydrogens (tertiary/aromatic N) is 1. The van der Waals surface area contributed by atoms with Crippen molar-refractivity contribution in [2.45, 2.75) is 26.3 Å². The van der Waals surface area contributed by atoms with Gasteiger partial charge < -0.3 is 4.90 Å². The first kappa shape index (κ1) is 10.9. The average Bonchev–Trinajstić information content (AvgIpc) is 2.16. The molecule has 1 nitrogen and oxygen atoms in total. The zero-order valence-corrected chi connectivity index (χ0v) is 8.47. The van der Waals surface area contributed by atoms with Crippen molar-refractivity contribution in [3.05, 3.63) is 0 Å². The molecule has 3 heteroatoms. The molecule has 1 fully saturated rings. The minimum atomic E-state index is -0.306. The number of rotatable bonds is 3. The lowest BCUT2D eigenvalue weighted by Crippen LogP contribution is -2.45. The fourth-order valence-electron chi connectivity index (χ4n) is 2.00. The van der Waals surface area contributed by atoms with E-state index in [9.17, 15) is 8.78 Å². The standard InChI is InChI=1S/C10H19F2N/c1-8(2)13-6-9(4-11)3-10(5-12)7-13/h8-10H,3-7H2,1-2H3. The van der Waals surface area contributed by atoms with E-state index in [0.717, 1.165) is 19.5 Å². The Labute approximate surface area is 79.1 Å². The first-order valence-electron chi connectivity index (χ1n) is 5.03. The molecule has 0 aromatic heterocycles. The smallest absolute Gasteiger partial charge is 0.0934 e. The molecule has 2 unspecified atom stereocenters. The number of piperidine rings is 1. The van der Waals surface area contributed by atoms with Crippen molar-refractivity contribution >= 4 is 0 Å². The second kappa shape index (κ2) is 4.89. The van der Waals surface area contributed by atoms with Gasteiger partial charge in [-0.15, -0.1) is 0 Å². The number of alkyl halides is 2. The van der Waals surface area contributed by atoms with Crippen LogP contribution in [-0.2, 0) is 0 Å². The molecule has 1 heterocycles. The Morgan fingerprint density at radius 1 is 1.15 bits per heavy atom. The van der Waals surface area contributed by atoms with Crippen LogP contribution in [-0.4, -0.2) is 37.4 Å². The summed E-state index contributed by atoms with van der Waals surface area (Å²) in [6.07, 6.45) is 0.718. The number of likely N-dealkylation sites (tertiary alicyclic amines) is 1. The molecule has 0 aromatic carbocycles. The van der Waals surface area contributed by atoms with E-state index < -0.39 is 0 Å². The summed E-state index contributed by atoms with van der Waals surface area (Å²) in [7, 11) is 0. The third-order valence-corrected chi connectivity index (χ3v) is 2.82. The maximum absolute atomic E-state index is 12.5. The summed E-state index contributed by atoms with van der Waals surface area (Å²) >= 11 is 0. The third kappa shape index (κ3) is 2.90. The van der Waals surface area contributed by atoms with Crippen LogP contribution in [0, 0.1) is 11.8 Å². The number of hydrogen-bond acceptors (Lipinski definition) is 1. The van der Waals surface area contributed by atoms with E-state index in [4.69, 9.17) is 0 Å². The van der Waals surface area contributed by atoms with E-state index in [1.165, 1.54) is 0 Å². The summed E-state index contributed by atoms with van der Waals surface area (Å²) in [5.41, 5.74) is 0. The molecule has 13 heavy (non-hydrogen) atoms. The highest BCUT2D eigenvalue weighted by atomic mass is 19.1. The van der Waals surface area contributed by atoms with Gasteiger partial charge in [-0.2, -0.15) is 0 Å². The van der Waals surface area contributed by atoms with E-state index in [2.05, 4.69) is 18.7 Å². The van der Waals surface area contributed by atoms with Gasteiger partial charge in [-0.3, -0.25) is 8.78 Å². The maximum atomic E-state index is 12.5. The zero-order valence-electron chi connectivity index (χ0n) is 8.47. The first-order chi connectivity index (χ1) is 6.17. The predicted molar refractivity (Wildman–Crippen MR) is 50.3 cm³/mol. The quantitative estimate of drug-likeness (QED) is 0.661. The molecule has 0 saturated carbocycles. The monoisotopic (exact) mass is 191 g/mol. The van der Waals surface area contributed by atoms with Crippen molar-refractivity contribution in [3.8, 4) is 0 Å². The fourth-order valence-corrected chi connectivity index (χ4v) is 2.00. The van der Waals surface area contributed by atoms with E-state index in [1.807, 2.05) is 0 Å². The van der Waals surface area contributed by atoms with Gasteiger partial charge in [-0.25, -0.2) is 0 Å². The van der Waals surface area contributed by atoms with Gasteiger partial charge in [0.1, 0.15) is 0 Å². The van der Waals surface area contributed by atoms with Crippen LogP contribution in [0.3, 0.4) is 0 Å². The molecule has 0 spiro atoms. The summed E-state index contributed by atoms with van der Waals surface area (Å²) in [4.78, 5) is 2.18. The lowest BCUT2D eigenvalue weighted by atomic mass is 9.90. The minimum Gasteiger partial charge on any atom is -0.300 e. The van der Waals surface area contributed by atoms with Crippen molar-refractivity contribution in [1.29, 1.82) is 0 Å². The van der Waals surface area contributed by atoms with Gasteiger partial charge in [0.25, 0.3) is 0 Å². The molecule has 1 saturated heterocycles. The molecule has 1 rings (SSSR count). The Kier molecular flexibility index (Phi) is 4.10. The molecule has 0 aromatic rings. The fraction of sp³-hybridized carbons (Fsp3) is 1.00. The summed E-state index contributed by atoms with van der Waals surface area (Å²) in [5.74, 6) is 0.105. The van der Waals surface area contributed by atoms with Gasteiger partial charge in [0.2, 0.25) is 0 Å². The van der Waals surface area contributed by atoms with Crippen LogP contribution >= 0.6 is 0 Å². The van der Waals surface area contributed by atoms with Crippen LogP contribution in [0.4, 0.5) is 8.78 Å². The normalized spacial score (nSPS) is 31.2. The molecule has 78 valence electrons. The predicted octanol–water partition coefficient (Wildman–Crippen LogP) is 2.27. The Balaban J connectivity index is 2.49. The van der Waals surface area contributed by atoms with E-state index in [1.54, 1.807) is 0 Å². The van der Waals surface area contributed by atoms with Gasteiger partial charge in [0.15, 0.2) is 0 Å². The van der Waals surface area contributed by atoms with Crippen LogP contribution in [0.1, 0.15) is 20.3 Å². The summed E-state index contributed by atoms with van der Waals surface area (Å²) in [5, 5.41) is 0. The van der Waals surface area contributed by atoms with Crippen LogP contribution in [0.2, 0.25) is 0 Å². The Hall–Kier alpha value is -0.180. The maximum Gasteiger partial charge on any atom is 0.0934 e. The molecule has 0 N–H and O–H groups in total. The van der Waals surface area contributed by atoms with Gasteiger partial charge in [-0.1, -0.05) is 0 Å². The van der Waals surface area contributed by atoms with Crippen molar-refractivity contribution in [3.63, 3.8) is 0 Å². The third-order valence-electron chi connectivity index (χ3n) is 2.82. The molecule has 0 amide bonds. The van der Waals surface area contributed by atoms with Crippen molar-refractivity contribution in [2.24, 2.45) is 11.8 Å². The molecule has 0 bridgehead atoms. The molecular weight excluding hydrogens is 172 g/mol. The van der Waals surface area contributed by atoms with Crippen molar-refractivity contribution < 1.29 is 8.78 Å². The number of halogens is 2. The summed E-state index contributed by atoms with van der Waals surface area (Å²) < 4.78 is 25.0. The summed E-state index contributed by atoms with van der Waals surface area (Å²) in [6, 6.07) is 0.406. The van der Waals surface area contributed by atoms with E-state index >= 15 is 0 Å². The molecular formula is C10H19F2N. The molecule has 0 aliphatic carbocycles. The highest BCUT2D eigenvalue weighted by Crippen LogP contribution is 2.24. The lowest BCUT2D eigenvalue weighted by Gasteiger charge is -2.38. The second-order valence-electron chi connectivity index (χ2n) is 4.32. The molecule has 1 aliphatic heterocycles. The molecule has 0 radical (unpaired) electrons. The first-order valence-corrected chi connectivity index (χ1v) is 5.03. The van der Waals surface area contributed by atoms with Gasteiger partial charge in [0.05, 0.1) is 13.3 Å². The van der Waals surface area contributed by atoms with Gasteiger partial charge >= 0.3 is 0 Å². The zero-order chi connectivity index (χ0) is 9.84. The van der Waals surface area contributed by atoms with E-state index in [-0.39, 0.29) is 25.2 Å². The highest BCUT2D eigenvalue weighted by Gasteiger charge is 2.28.